The van der Waals surface area contributed by atoms with Gasteiger partial charge in [-0.05, 0) is 36.2 Å². The highest BCUT2D eigenvalue weighted by atomic mass is 16.5. The van der Waals surface area contributed by atoms with Crippen LogP contribution in [0, 0.1) is 0 Å². The van der Waals surface area contributed by atoms with Gasteiger partial charge < -0.3 is 15.8 Å². The van der Waals surface area contributed by atoms with Crippen molar-refractivity contribution in [3.05, 3.63) is 60.7 Å². The molecule has 0 aliphatic carbocycles. The Morgan fingerprint density at radius 1 is 1.13 bits per heavy atom. The van der Waals surface area contributed by atoms with Gasteiger partial charge in [-0.1, -0.05) is 19.1 Å². The summed E-state index contributed by atoms with van der Waals surface area (Å²) in [5, 5.41) is 3.18. The molecule has 0 spiro atoms. The monoisotopic (exact) mass is 307 g/mol. The van der Waals surface area contributed by atoms with E-state index < -0.39 is 0 Å². The second-order valence-corrected chi connectivity index (χ2v) is 4.91. The predicted molar refractivity (Wildman–Crippen MR) is 89.9 cm³/mol. The van der Waals surface area contributed by atoms with E-state index in [2.05, 4.69) is 39.3 Å². The number of nitrogens with zero attached hydrogens (tertiary/aromatic N) is 3. The number of rotatable bonds is 5. The molecule has 1 aromatic carbocycles. The second-order valence-electron chi connectivity index (χ2n) is 4.91. The number of hydrogen-bond acceptors (Lipinski definition) is 6. The minimum atomic E-state index is 0.292. The summed E-state index contributed by atoms with van der Waals surface area (Å²) in [6.45, 7) is 2.12. The first-order valence-corrected chi connectivity index (χ1v) is 7.30. The Kier molecular flexibility index (Phi) is 4.33. The zero-order chi connectivity index (χ0) is 16.1. The van der Waals surface area contributed by atoms with Gasteiger partial charge in [0.2, 0.25) is 5.88 Å². The summed E-state index contributed by atoms with van der Waals surface area (Å²) in [7, 11) is 0. The third kappa shape index (κ3) is 3.55. The Balaban J connectivity index is 1.81. The number of hydrogen-bond donors (Lipinski definition) is 2. The number of nitrogens with one attached hydrogen (secondary N) is 1. The number of ether oxygens (including phenoxy) is 1. The molecule has 0 saturated heterocycles. The third-order valence-corrected chi connectivity index (χ3v) is 3.32. The summed E-state index contributed by atoms with van der Waals surface area (Å²) >= 11 is 0. The summed E-state index contributed by atoms with van der Waals surface area (Å²) in [6, 6.07) is 11.7. The highest BCUT2D eigenvalue weighted by Gasteiger charge is 2.10. The molecule has 0 bridgehead atoms. The smallest absolute Gasteiger partial charge is 0.248 e. The van der Waals surface area contributed by atoms with Crippen molar-refractivity contribution in [1.82, 2.24) is 15.0 Å². The molecule has 3 rings (SSSR count). The Bertz CT molecular complexity index is 775. The van der Waals surface area contributed by atoms with Crippen molar-refractivity contribution < 1.29 is 4.74 Å². The maximum Gasteiger partial charge on any atom is 0.248 e. The SMILES string of the molecule is CCc1ccc(Nc2ncnc(Oc3cccnc3)c2N)cc1. The highest BCUT2D eigenvalue weighted by molar-refractivity contribution is 5.72. The van der Waals surface area contributed by atoms with Crippen molar-refractivity contribution in [3.63, 3.8) is 0 Å². The minimum Gasteiger partial charge on any atom is -0.435 e. The van der Waals surface area contributed by atoms with Crippen LogP contribution in [0.15, 0.2) is 55.1 Å². The van der Waals surface area contributed by atoms with Gasteiger partial charge in [-0.2, -0.15) is 4.98 Å². The van der Waals surface area contributed by atoms with Gasteiger partial charge in [-0.15, -0.1) is 0 Å². The van der Waals surface area contributed by atoms with Crippen LogP contribution in [-0.4, -0.2) is 15.0 Å². The van der Waals surface area contributed by atoms with E-state index in [9.17, 15) is 0 Å². The molecule has 3 aromatic rings. The largest absolute Gasteiger partial charge is 0.435 e. The fourth-order valence-electron chi connectivity index (χ4n) is 2.04. The molecule has 0 amide bonds. The first-order chi connectivity index (χ1) is 11.3. The van der Waals surface area contributed by atoms with E-state index in [4.69, 9.17) is 10.5 Å². The first kappa shape index (κ1) is 14.8. The van der Waals surface area contributed by atoms with Crippen LogP contribution in [-0.2, 0) is 6.42 Å². The summed E-state index contributed by atoms with van der Waals surface area (Å²) in [4.78, 5) is 12.2. The molecule has 0 radical (unpaired) electrons. The van der Waals surface area contributed by atoms with Crippen molar-refractivity contribution in [3.8, 4) is 11.6 Å². The van der Waals surface area contributed by atoms with Gasteiger partial charge in [0, 0.05) is 11.9 Å². The fraction of sp³-hybridized carbons (Fsp3) is 0.118. The lowest BCUT2D eigenvalue weighted by molar-refractivity contribution is 0.462. The Morgan fingerprint density at radius 2 is 1.96 bits per heavy atom. The first-order valence-electron chi connectivity index (χ1n) is 7.30. The van der Waals surface area contributed by atoms with E-state index in [1.807, 2.05) is 12.1 Å². The van der Waals surface area contributed by atoms with E-state index in [1.54, 1.807) is 24.5 Å². The Hall–Kier alpha value is -3.15. The van der Waals surface area contributed by atoms with Gasteiger partial charge in [-0.25, -0.2) is 4.98 Å². The number of benzene rings is 1. The predicted octanol–water partition coefficient (Wildman–Crippen LogP) is 3.55. The van der Waals surface area contributed by atoms with Gasteiger partial charge in [-0.3, -0.25) is 4.98 Å². The van der Waals surface area contributed by atoms with Gasteiger partial charge >= 0.3 is 0 Å². The van der Waals surface area contributed by atoms with Crippen LogP contribution in [0.1, 0.15) is 12.5 Å². The van der Waals surface area contributed by atoms with Gasteiger partial charge in [0.1, 0.15) is 17.8 Å². The van der Waals surface area contributed by atoms with Gasteiger partial charge in [0.25, 0.3) is 0 Å². The Labute approximate surface area is 134 Å². The average Bonchev–Trinajstić information content (AvgIpc) is 2.60. The van der Waals surface area contributed by atoms with Crippen LogP contribution in [0.3, 0.4) is 0 Å². The summed E-state index contributed by atoms with van der Waals surface area (Å²) in [5.74, 6) is 1.36. The molecule has 6 heteroatoms. The molecule has 23 heavy (non-hydrogen) atoms. The molecule has 0 atom stereocenters. The second kappa shape index (κ2) is 6.74. The fourth-order valence-corrected chi connectivity index (χ4v) is 2.04. The van der Waals surface area contributed by atoms with Crippen molar-refractivity contribution >= 4 is 17.2 Å². The third-order valence-electron chi connectivity index (χ3n) is 3.32. The lowest BCUT2D eigenvalue weighted by Crippen LogP contribution is -2.03. The van der Waals surface area contributed by atoms with E-state index in [1.165, 1.54) is 11.9 Å². The van der Waals surface area contributed by atoms with Crippen molar-refractivity contribution in [2.45, 2.75) is 13.3 Å². The van der Waals surface area contributed by atoms with E-state index >= 15 is 0 Å². The molecule has 6 nitrogen and oxygen atoms in total. The van der Waals surface area contributed by atoms with Crippen LogP contribution in [0.5, 0.6) is 11.6 Å². The lowest BCUT2D eigenvalue weighted by Gasteiger charge is -2.11. The van der Waals surface area contributed by atoms with Gasteiger partial charge in [0.05, 0.1) is 6.20 Å². The lowest BCUT2D eigenvalue weighted by atomic mass is 10.1. The van der Waals surface area contributed by atoms with Crippen LogP contribution in [0.25, 0.3) is 0 Å². The number of nitrogens with two attached hydrogens (primary N) is 1. The number of pyridine rings is 1. The molecule has 0 saturated carbocycles. The molecule has 0 fully saturated rings. The van der Waals surface area contributed by atoms with Crippen molar-refractivity contribution in [1.29, 1.82) is 0 Å². The molecule has 0 aliphatic rings. The Morgan fingerprint density at radius 3 is 2.65 bits per heavy atom. The maximum atomic E-state index is 6.10. The number of anilines is 3. The molecule has 2 aromatic heterocycles. The zero-order valence-corrected chi connectivity index (χ0v) is 12.7. The van der Waals surface area contributed by atoms with Crippen LogP contribution < -0.4 is 15.8 Å². The average molecular weight is 307 g/mol. The van der Waals surface area contributed by atoms with Crippen LogP contribution in [0.2, 0.25) is 0 Å². The van der Waals surface area contributed by atoms with Crippen molar-refractivity contribution in [2.75, 3.05) is 11.1 Å². The van der Waals surface area contributed by atoms with Crippen molar-refractivity contribution in [2.24, 2.45) is 0 Å². The van der Waals surface area contributed by atoms with E-state index in [-0.39, 0.29) is 0 Å². The molecular formula is C17H17N5O. The highest BCUT2D eigenvalue weighted by Crippen LogP contribution is 2.30. The number of aromatic nitrogens is 3. The summed E-state index contributed by atoms with van der Waals surface area (Å²) < 4.78 is 5.65. The minimum absolute atomic E-state index is 0.292. The molecule has 2 heterocycles. The summed E-state index contributed by atoms with van der Waals surface area (Å²) in [6.07, 6.45) is 5.67. The van der Waals surface area contributed by atoms with Crippen LogP contribution >= 0.6 is 0 Å². The van der Waals surface area contributed by atoms with Crippen LogP contribution in [0.4, 0.5) is 17.2 Å². The molecule has 0 unspecified atom stereocenters. The van der Waals surface area contributed by atoms with E-state index in [0.717, 1.165) is 12.1 Å². The standard InChI is InChI=1S/C17H17N5O/c1-2-12-5-7-13(8-6-12)22-16-15(18)17(21-11-20-16)23-14-4-3-9-19-10-14/h3-11H,2,18H2,1H3,(H,20,21,22). The number of nitrogen functional groups attached to an aromatic ring is 1. The summed E-state index contributed by atoms with van der Waals surface area (Å²) in [5.41, 5.74) is 8.62. The van der Waals surface area contributed by atoms with Gasteiger partial charge in [0.15, 0.2) is 5.82 Å². The normalized spacial score (nSPS) is 10.3. The quantitative estimate of drug-likeness (QED) is 0.749. The number of aryl methyl sites for hydroxylation is 1. The van der Waals surface area contributed by atoms with E-state index in [0.29, 0.717) is 23.1 Å². The topological polar surface area (TPSA) is 86.0 Å². The maximum absolute atomic E-state index is 6.10. The molecule has 3 N–H and O–H groups in total. The molecule has 0 aliphatic heterocycles. The zero-order valence-electron chi connectivity index (χ0n) is 12.7. The molecule has 116 valence electrons. The molecular weight excluding hydrogens is 290 g/mol.